The normalized spacial score (nSPS) is 34.9. The summed E-state index contributed by atoms with van der Waals surface area (Å²) in [4.78, 5) is 25.0. The largest absolute Gasteiger partial charge is 0.353 e. The third kappa shape index (κ3) is 3.04. The van der Waals surface area contributed by atoms with Gasteiger partial charge in [0.15, 0.2) is 17.7 Å². The number of aryl methyl sites for hydroxylation is 1. The molecule has 0 aliphatic carbocycles. The van der Waals surface area contributed by atoms with E-state index in [0.717, 1.165) is 0 Å². The summed E-state index contributed by atoms with van der Waals surface area (Å²) in [6.07, 6.45) is -1.33. The Hall–Kier alpha value is -1.55. The van der Waals surface area contributed by atoms with Crippen LogP contribution in [0.2, 0.25) is 0 Å². The van der Waals surface area contributed by atoms with Crippen LogP contribution in [0.5, 0.6) is 0 Å². The molecule has 4 atom stereocenters. The molecule has 9 heteroatoms. The van der Waals surface area contributed by atoms with Gasteiger partial charge in [0.05, 0.1) is 6.61 Å². The average molecular weight is 344 g/mol. The zero-order valence-electron chi connectivity index (χ0n) is 13.8. The van der Waals surface area contributed by atoms with Gasteiger partial charge < -0.3 is 23.5 Å². The number of ether oxygens (including phenoxy) is 4. The highest BCUT2D eigenvalue weighted by atomic mass is 19.1. The van der Waals surface area contributed by atoms with E-state index in [0.29, 0.717) is 0 Å². The van der Waals surface area contributed by atoms with Crippen molar-refractivity contribution in [3.05, 3.63) is 33.1 Å². The van der Waals surface area contributed by atoms with Crippen molar-refractivity contribution < 1.29 is 23.3 Å². The SMILES string of the molecule is COC1OCC2OC(C)(C)OC2C1(F)CCn1ccc(=O)[nH]c1=O. The molecule has 4 unspecified atom stereocenters. The molecule has 2 aliphatic heterocycles. The van der Waals surface area contributed by atoms with Crippen LogP contribution in [0.25, 0.3) is 0 Å². The van der Waals surface area contributed by atoms with E-state index in [4.69, 9.17) is 18.9 Å². The zero-order chi connectivity index (χ0) is 17.5. The highest BCUT2D eigenvalue weighted by Crippen LogP contribution is 2.44. The number of hydrogen-bond acceptors (Lipinski definition) is 6. The first-order valence-electron chi connectivity index (χ1n) is 7.74. The van der Waals surface area contributed by atoms with Gasteiger partial charge in [-0.1, -0.05) is 0 Å². The molecule has 134 valence electrons. The summed E-state index contributed by atoms with van der Waals surface area (Å²) < 4.78 is 39.0. The maximum Gasteiger partial charge on any atom is 0.328 e. The molecule has 1 N–H and O–H groups in total. The minimum absolute atomic E-state index is 0.0301. The summed E-state index contributed by atoms with van der Waals surface area (Å²) in [6, 6.07) is 1.21. The lowest BCUT2D eigenvalue weighted by Gasteiger charge is -2.42. The Morgan fingerprint density at radius 1 is 1.42 bits per heavy atom. The third-order valence-electron chi connectivity index (χ3n) is 4.31. The first kappa shape index (κ1) is 17.3. The van der Waals surface area contributed by atoms with E-state index in [1.165, 1.54) is 23.9 Å². The van der Waals surface area contributed by atoms with Crippen molar-refractivity contribution in [2.24, 2.45) is 0 Å². The molecule has 0 amide bonds. The fourth-order valence-corrected chi connectivity index (χ4v) is 3.26. The van der Waals surface area contributed by atoms with Gasteiger partial charge in [-0.2, -0.15) is 0 Å². The van der Waals surface area contributed by atoms with Crippen LogP contribution in [0.15, 0.2) is 21.9 Å². The number of rotatable bonds is 4. The summed E-state index contributed by atoms with van der Waals surface area (Å²) in [5, 5.41) is 0. The van der Waals surface area contributed by atoms with Gasteiger partial charge in [-0.3, -0.25) is 9.78 Å². The van der Waals surface area contributed by atoms with E-state index < -0.39 is 41.2 Å². The van der Waals surface area contributed by atoms with Gasteiger partial charge in [-0.05, 0) is 13.8 Å². The Labute approximate surface area is 137 Å². The van der Waals surface area contributed by atoms with Crippen molar-refractivity contribution in [2.75, 3.05) is 13.7 Å². The second-order valence-corrected chi connectivity index (χ2v) is 6.48. The van der Waals surface area contributed by atoms with Crippen LogP contribution in [0, 0.1) is 0 Å². The Morgan fingerprint density at radius 2 is 2.17 bits per heavy atom. The van der Waals surface area contributed by atoms with E-state index in [1.54, 1.807) is 13.8 Å². The van der Waals surface area contributed by atoms with Crippen molar-refractivity contribution in [2.45, 2.75) is 56.8 Å². The average Bonchev–Trinajstić information content (AvgIpc) is 2.82. The van der Waals surface area contributed by atoms with Crippen LogP contribution in [0.4, 0.5) is 4.39 Å². The quantitative estimate of drug-likeness (QED) is 0.836. The fourth-order valence-electron chi connectivity index (χ4n) is 3.26. The molecule has 0 aromatic carbocycles. The number of nitrogens with zero attached hydrogens (tertiary/aromatic N) is 1. The van der Waals surface area contributed by atoms with Gasteiger partial charge in [-0.25, -0.2) is 9.18 Å². The number of nitrogens with one attached hydrogen (secondary N) is 1. The fraction of sp³-hybridized carbons (Fsp3) is 0.733. The predicted molar refractivity (Wildman–Crippen MR) is 80.4 cm³/mol. The highest BCUT2D eigenvalue weighted by molar-refractivity contribution is 5.03. The van der Waals surface area contributed by atoms with E-state index in [2.05, 4.69) is 4.98 Å². The molecule has 8 nitrogen and oxygen atoms in total. The number of aromatic amines is 1. The van der Waals surface area contributed by atoms with Crippen molar-refractivity contribution in [3.63, 3.8) is 0 Å². The lowest BCUT2D eigenvalue weighted by Crippen LogP contribution is -2.60. The molecule has 3 rings (SSSR count). The Kier molecular flexibility index (Phi) is 4.37. The Bertz CT molecular complexity index is 716. The molecule has 0 saturated carbocycles. The van der Waals surface area contributed by atoms with Crippen molar-refractivity contribution in [1.82, 2.24) is 9.55 Å². The summed E-state index contributed by atoms with van der Waals surface area (Å²) in [5.41, 5.74) is -3.10. The maximum absolute atomic E-state index is 15.8. The van der Waals surface area contributed by atoms with E-state index in [-0.39, 0.29) is 19.6 Å². The predicted octanol–water partition coefficient (Wildman–Crippen LogP) is 0.158. The molecule has 24 heavy (non-hydrogen) atoms. The first-order chi connectivity index (χ1) is 11.2. The number of aromatic nitrogens is 2. The molecule has 0 spiro atoms. The van der Waals surface area contributed by atoms with Crippen molar-refractivity contribution >= 4 is 0 Å². The van der Waals surface area contributed by atoms with Gasteiger partial charge in [0, 0.05) is 32.3 Å². The lowest BCUT2D eigenvalue weighted by atomic mass is 9.88. The Balaban J connectivity index is 1.84. The summed E-state index contributed by atoms with van der Waals surface area (Å²) in [6.45, 7) is 3.61. The minimum Gasteiger partial charge on any atom is -0.353 e. The molecule has 1 aromatic heterocycles. The molecule has 2 saturated heterocycles. The first-order valence-corrected chi connectivity index (χ1v) is 7.74. The monoisotopic (exact) mass is 344 g/mol. The number of fused-ring (bicyclic) bond motifs is 1. The molecular formula is C15H21FN2O6. The molecule has 2 fully saturated rings. The zero-order valence-corrected chi connectivity index (χ0v) is 13.8. The van der Waals surface area contributed by atoms with Crippen LogP contribution in [0.1, 0.15) is 20.3 Å². The highest BCUT2D eigenvalue weighted by Gasteiger charge is 2.60. The van der Waals surface area contributed by atoms with Crippen LogP contribution >= 0.6 is 0 Å². The van der Waals surface area contributed by atoms with Gasteiger partial charge in [0.2, 0.25) is 0 Å². The third-order valence-corrected chi connectivity index (χ3v) is 4.31. The topological polar surface area (TPSA) is 91.8 Å². The maximum atomic E-state index is 15.8. The summed E-state index contributed by atoms with van der Waals surface area (Å²) >= 11 is 0. The smallest absolute Gasteiger partial charge is 0.328 e. The standard InChI is InChI=1S/C15H21FN2O6/c1-14(2)23-9-8-22-12(21-3)15(16,11(9)24-14)5-7-18-6-4-10(19)17-13(18)20/h4,6,9,11-12H,5,7-8H2,1-3H3,(H,17,19,20). The van der Waals surface area contributed by atoms with Gasteiger partial charge in [0.1, 0.15) is 12.2 Å². The van der Waals surface area contributed by atoms with E-state index in [9.17, 15) is 9.59 Å². The second-order valence-electron chi connectivity index (χ2n) is 6.48. The van der Waals surface area contributed by atoms with Crippen LogP contribution < -0.4 is 11.2 Å². The summed E-state index contributed by atoms with van der Waals surface area (Å²) in [7, 11) is 1.35. The lowest BCUT2D eigenvalue weighted by molar-refractivity contribution is -0.269. The van der Waals surface area contributed by atoms with Gasteiger partial charge in [-0.15, -0.1) is 0 Å². The number of H-pyrrole nitrogens is 1. The van der Waals surface area contributed by atoms with Crippen molar-refractivity contribution in [3.8, 4) is 0 Å². The van der Waals surface area contributed by atoms with E-state index >= 15 is 4.39 Å². The molecular weight excluding hydrogens is 323 g/mol. The van der Waals surface area contributed by atoms with E-state index in [1.807, 2.05) is 0 Å². The molecule has 0 radical (unpaired) electrons. The number of hydrogen-bond donors (Lipinski definition) is 1. The summed E-state index contributed by atoms with van der Waals surface area (Å²) in [5.74, 6) is -0.923. The van der Waals surface area contributed by atoms with Crippen LogP contribution in [0.3, 0.4) is 0 Å². The van der Waals surface area contributed by atoms with Gasteiger partial charge in [0.25, 0.3) is 5.56 Å². The molecule has 2 aliphatic rings. The second kappa shape index (κ2) is 6.07. The van der Waals surface area contributed by atoms with Gasteiger partial charge >= 0.3 is 5.69 Å². The Morgan fingerprint density at radius 3 is 2.83 bits per heavy atom. The number of methoxy groups -OCH3 is 1. The number of alkyl halides is 1. The molecule has 0 bridgehead atoms. The minimum atomic E-state index is -2.00. The van der Waals surface area contributed by atoms with Crippen LogP contribution in [-0.2, 0) is 25.5 Å². The van der Waals surface area contributed by atoms with Crippen molar-refractivity contribution in [1.29, 1.82) is 0 Å². The molecule has 1 aromatic rings. The number of halogens is 1. The van der Waals surface area contributed by atoms with Crippen LogP contribution in [-0.4, -0.2) is 53.2 Å². The molecule has 3 heterocycles.